The number of para-hydroxylation sites is 1. The van der Waals surface area contributed by atoms with E-state index in [0.717, 1.165) is 17.7 Å². The molecule has 0 aliphatic heterocycles. The number of hydrogen-bond acceptors (Lipinski definition) is 3. The molecule has 3 heteroatoms. The van der Waals surface area contributed by atoms with Gasteiger partial charge < -0.3 is 14.6 Å². The summed E-state index contributed by atoms with van der Waals surface area (Å²) >= 11 is 0. The smallest absolute Gasteiger partial charge is 0.124 e. The molecule has 0 heterocycles. The summed E-state index contributed by atoms with van der Waals surface area (Å²) in [4.78, 5) is 0. The Morgan fingerprint density at radius 2 is 1.67 bits per heavy atom. The number of hydrogen-bond donors (Lipinski definition) is 1. The molecular formula is C15H24O3. The average Bonchev–Trinajstić information content (AvgIpc) is 2.37. The molecule has 0 fully saturated rings. The van der Waals surface area contributed by atoms with Gasteiger partial charge in [0.15, 0.2) is 0 Å². The van der Waals surface area contributed by atoms with Gasteiger partial charge in [0.25, 0.3) is 0 Å². The lowest BCUT2D eigenvalue weighted by Gasteiger charge is -2.30. The molecule has 0 bridgehead atoms. The molecule has 0 aromatic heterocycles. The summed E-state index contributed by atoms with van der Waals surface area (Å²) in [6, 6.07) is 7.58. The lowest BCUT2D eigenvalue weighted by Crippen LogP contribution is -2.29. The van der Waals surface area contributed by atoms with Crippen LogP contribution in [0.3, 0.4) is 0 Å². The molecule has 0 saturated heterocycles. The van der Waals surface area contributed by atoms with Crippen molar-refractivity contribution in [3.8, 4) is 5.75 Å². The van der Waals surface area contributed by atoms with Crippen molar-refractivity contribution >= 4 is 0 Å². The summed E-state index contributed by atoms with van der Waals surface area (Å²) in [7, 11) is 3.31. The largest absolute Gasteiger partial charge is 0.496 e. The Kier molecular flexibility index (Phi) is 4.77. The third-order valence-electron chi connectivity index (χ3n) is 3.45. The molecule has 0 radical (unpaired) electrons. The van der Waals surface area contributed by atoms with Crippen molar-refractivity contribution in [2.24, 2.45) is 0 Å². The van der Waals surface area contributed by atoms with Gasteiger partial charge in [0.1, 0.15) is 5.75 Å². The first-order chi connectivity index (χ1) is 8.32. The summed E-state index contributed by atoms with van der Waals surface area (Å²) in [5, 5.41) is 10.6. The number of aliphatic hydroxyl groups is 1. The van der Waals surface area contributed by atoms with Crippen LogP contribution in [0.1, 0.15) is 39.2 Å². The maximum atomic E-state index is 10.6. The number of methoxy groups -OCH3 is 2. The summed E-state index contributed by atoms with van der Waals surface area (Å²) < 4.78 is 10.7. The maximum absolute atomic E-state index is 10.6. The van der Waals surface area contributed by atoms with Crippen LogP contribution in [0.15, 0.2) is 24.3 Å². The number of ether oxygens (including phenoxy) is 2. The van der Waals surface area contributed by atoms with Gasteiger partial charge in [-0.2, -0.15) is 0 Å². The molecule has 18 heavy (non-hydrogen) atoms. The third-order valence-corrected chi connectivity index (χ3v) is 3.45. The van der Waals surface area contributed by atoms with E-state index in [2.05, 4.69) is 0 Å². The van der Waals surface area contributed by atoms with Gasteiger partial charge in [-0.25, -0.2) is 0 Å². The maximum Gasteiger partial charge on any atom is 0.124 e. The normalized spacial score (nSPS) is 15.2. The Bertz CT molecular complexity index is 383. The van der Waals surface area contributed by atoms with E-state index < -0.39 is 5.60 Å². The van der Waals surface area contributed by atoms with Crippen LogP contribution >= 0.6 is 0 Å². The molecule has 0 aliphatic rings. The van der Waals surface area contributed by atoms with Crippen LogP contribution in [0.25, 0.3) is 0 Å². The van der Waals surface area contributed by atoms with Crippen LogP contribution in [0, 0.1) is 0 Å². The molecule has 1 aromatic rings. The molecule has 0 amide bonds. The Morgan fingerprint density at radius 3 is 2.22 bits per heavy atom. The van der Waals surface area contributed by atoms with Crippen LogP contribution < -0.4 is 4.74 Å². The molecule has 1 aromatic carbocycles. The van der Waals surface area contributed by atoms with Crippen molar-refractivity contribution in [3.63, 3.8) is 0 Å². The highest BCUT2D eigenvalue weighted by Crippen LogP contribution is 2.35. The average molecular weight is 252 g/mol. The molecule has 1 rings (SSSR count). The van der Waals surface area contributed by atoms with Crippen LogP contribution in [0.4, 0.5) is 0 Å². The van der Waals surface area contributed by atoms with Crippen LogP contribution in [0.5, 0.6) is 5.75 Å². The standard InChI is InChI=1S/C15H24O3/c1-14(2,18-5)10-11-15(3,16)12-8-6-7-9-13(12)17-4/h6-9,16H,10-11H2,1-5H3. The Labute approximate surface area is 110 Å². The second kappa shape index (κ2) is 5.72. The van der Waals surface area contributed by atoms with Crippen molar-refractivity contribution in [1.29, 1.82) is 0 Å². The minimum absolute atomic E-state index is 0.230. The molecule has 3 nitrogen and oxygen atoms in total. The summed E-state index contributed by atoms with van der Waals surface area (Å²) in [5.41, 5.74) is -0.326. The molecule has 1 N–H and O–H groups in total. The van der Waals surface area contributed by atoms with Gasteiger partial charge in [0.2, 0.25) is 0 Å². The molecular weight excluding hydrogens is 228 g/mol. The monoisotopic (exact) mass is 252 g/mol. The first-order valence-corrected chi connectivity index (χ1v) is 6.23. The fourth-order valence-electron chi connectivity index (χ4n) is 1.87. The van der Waals surface area contributed by atoms with Crippen LogP contribution in [0.2, 0.25) is 0 Å². The van der Waals surface area contributed by atoms with Crippen molar-refractivity contribution in [3.05, 3.63) is 29.8 Å². The lowest BCUT2D eigenvalue weighted by molar-refractivity contribution is -0.0218. The summed E-state index contributed by atoms with van der Waals surface area (Å²) in [5.74, 6) is 0.720. The fraction of sp³-hybridized carbons (Fsp3) is 0.600. The van der Waals surface area contributed by atoms with E-state index in [4.69, 9.17) is 9.47 Å². The molecule has 102 valence electrons. The highest BCUT2D eigenvalue weighted by Gasteiger charge is 2.29. The molecule has 0 saturated carbocycles. The first kappa shape index (κ1) is 15.0. The number of rotatable bonds is 6. The van der Waals surface area contributed by atoms with Gasteiger partial charge in [-0.15, -0.1) is 0 Å². The van der Waals surface area contributed by atoms with Crippen LogP contribution in [-0.2, 0) is 10.3 Å². The van der Waals surface area contributed by atoms with Gasteiger partial charge in [0.05, 0.1) is 18.3 Å². The third kappa shape index (κ3) is 3.72. The van der Waals surface area contributed by atoms with Gasteiger partial charge in [-0.3, -0.25) is 0 Å². The Hall–Kier alpha value is -1.06. The molecule has 1 unspecified atom stereocenters. The van der Waals surface area contributed by atoms with Crippen LogP contribution in [-0.4, -0.2) is 24.9 Å². The van der Waals surface area contributed by atoms with E-state index in [1.807, 2.05) is 45.0 Å². The van der Waals surface area contributed by atoms with E-state index in [1.54, 1.807) is 14.2 Å². The molecule has 0 spiro atoms. The molecule has 1 atom stereocenters. The van der Waals surface area contributed by atoms with E-state index in [-0.39, 0.29) is 5.60 Å². The molecule has 0 aliphatic carbocycles. The van der Waals surface area contributed by atoms with E-state index in [0.29, 0.717) is 6.42 Å². The quantitative estimate of drug-likeness (QED) is 0.845. The minimum atomic E-state index is -0.914. The SMILES string of the molecule is COc1ccccc1C(C)(O)CCC(C)(C)OC. The van der Waals surface area contributed by atoms with Gasteiger partial charge in [0, 0.05) is 12.7 Å². The predicted molar refractivity (Wildman–Crippen MR) is 72.9 cm³/mol. The lowest BCUT2D eigenvalue weighted by atomic mass is 9.86. The van der Waals surface area contributed by atoms with E-state index in [1.165, 1.54) is 0 Å². The summed E-state index contributed by atoms with van der Waals surface area (Å²) in [6.45, 7) is 5.85. The predicted octanol–water partition coefficient (Wildman–Crippen LogP) is 3.11. The topological polar surface area (TPSA) is 38.7 Å². The minimum Gasteiger partial charge on any atom is -0.496 e. The second-order valence-electron chi connectivity index (χ2n) is 5.44. The fourth-order valence-corrected chi connectivity index (χ4v) is 1.87. The number of benzene rings is 1. The van der Waals surface area contributed by atoms with Gasteiger partial charge in [-0.05, 0) is 39.7 Å². The highest BCUT2D eigenvalue weighted by atomic mass is 16.5. The zero-order chi connectivity index (χ0) is 13.8. The van der Waals surface area contributed by atoms with E-state index in [9.17, 15) is 5.11 Å². The van der Waals surface area contributed by atoms with E-state index >= 15 is 0 Å². The van der Waals surface area contributed by atoms with Crippen molar-refractivity contribution in [2.45, 2.75) is 44.8 Å². The summed E-state index contributed by atoms with van der Waals surface area (Å²) in [6.07, 6.45) is 1.39. The zero-order valence-electron chi connectivity index (χ0n) is 12.0. The van der Waals surface area contributed by atoms with Gasteiger partial charge >= 0.3 is 0 Å². The zero-order valence-corrected chi connectivity index (χ0v) is 12.0. The van der Waals surface area contributed by atoms with Crippen molar-refractivity contribution in [2.75, 3.05) is 14.2 Å². The van der Waals surface area contributed by atoms with Gasteiger partial charge in [-0.1, -0.05) is 18.2 Å². The first-order valence-electron chi connectivity index (χ1n) is 6.23. The second-order valence-corrected chi connectivity index (χ2v) is 5.44. The van der Waals surface area contributed by atoms with Crippen molar-refractivity contribution < 1.29 is 14.6 Å². The Balaban J connectivity index is 2.86. The highest BCUT2D eigenvalue weighted by molar-refractivity contribution is 5.37. The Morgan fingerprint density at radius 1 is 1.06 bits per heavy atom. The van der Waals surface area contributed by atoms with Crippen molar-refractivity contribution in [1.82, 2.24) is 0 Å².